The molecule has 2 amide bonds. The average molecular weight is 323 g/mol. The largest absolute Gasteiger partial charge is 0.339 e. The second-order valence-electron chi connectivity index (χ2n) is 5.81. The third-order valence-electron chi connectivity index (χ3n) is 4.03. The highest BCUT2D eigenvalue weighted by molar-refractivity contribution is 6.30. The number of carbonyl (C=O) groups excluding carboxylic acids is 2. The molecule has 1 aromatic carbocycles. The molecular formula is C17H23ClN2O2. The van der Waals surface area contributed by atoms with Gasteiger partial charge in [-0.05, 0) is 25.8 Å². The summed E-state index contributed by atoms with van der Waals surface area (Å²) < 4.78 is 0. The fraction of sp³-hybridized carbons (Fsp3) is 0.529. The molecule has 1 saturated heterocycles. The number of benzene rings is 1. The summed E-state index contributed by atoms with van der Waals surface area (Å²) >= 11 is 5.82. The summed E-state index contributed by atoms with van der Waals surface area (Å²) in [6.45, 7) is 6.09. The van der Waals surface area contributed by atoms with Gasteiger partial charge in [0.05, 0.1) is 0 Å². The molecule has 22 heavy (non-hydrogen) atoms. The van der Waals surface area contributed by atoms with Crippen LogP contribution in [0.2, 0.25) is 0 Å². The summed E-state index contributed by atoms with van der Waals surface area (Å²) in [5.41, 5.74) is 2.41. The molecule has 0 aliphatic carbocycles. The maximum absolute atomic E-state index is 12.2. The Morgan fingerprint density at radius 3 is 2.18 bits per heavy atom. The third-order valence-corrected chi connectivity index (χ3v) is 4.22. The molecule has 2 rings (SSSR count). The molecule has 0 saturated carbocycles. The predicted octanol–water partition coefficient (Wildman–Crippen LogP) is 2.23. The number of piperazine rings is 1. The van der Waals surface area contributed by atoms with Crippen LogP contribution in [0.25, 0.3) is 0 Å². The van der Waals surface area contributed by atoms with Crippen molar-refractivity contribution >= 4 is 23.4 Å². The van der Waals surface area contributed by atoms with Gasteiger partial charge in [-0.1, -0.05) is 29.8 Å². The van der Waals surface area contributed by atoms with Crippen LogP contribution < -0.4 is 0 Å². The van der Waals surface area contributed by atoms with Crippen molar-refractivity contribution in [1.29, 1.82) is 0 Å². The van der Waals surface area contributed by atoms with E-state index in [1.165, 1.54) is 11.1 Å². The zero-order chi connectivity index (χ0) is 16.1. The number of rotatable bonds is 4. The van der Waals surface area contributed by atoms with E-state index in [1.807, 2.05) is 4.90 Å². The van der Waals surface area contributed by atoms with Gasteiger partial charge in [-0.25, -0.2) is 0 Å². The highest BCUT2D eigenvalue weighted by Crippen LogP contribution is 2.11. The molecule has 1 aliphatic heterocycles. The van der Waals surface area contributed by atoms with E-state index in [0.29, 0.717) is 32.6 Å². The molecule has 1 unspecified atom stereocenters. The van der Waals surface area contributed by atoms with Crippen molar-refractivity contribution in [3.63, 3.8) is 0 Å². The van der Waals surface area contributed by atoms with Crippen molar-refractivity contribution < 1.29 is 9.59 Å². The first-order valence-electron chi connectivity index (χ1n) is 7.73. The number of carbonyl (C=O) groups is 2. The molecule has 0 spiro atoms. The Kier molecular flexibility index (Phi) is 5.83. The summed E-state index contributed by atoms with van der Waals surface area (Å²) in [5, 5.41) is -0.496. The number of amides is 2. The summed E-state index contributed by atoms with van der Waals surface area (Å²) in [5.74, 6) is 0.111. The predicted molar refractivity (Wildman–Crippen MR) is 88.0 cm³/mol. The van der Waals surface area contributed by atoms with Gasteiger partial charge in [-0.15, -0.1) is 11.6 Å². The summed E-state index contributed by atoms with van der Waals surface area (Å²) in [7, 11) is 0. The molecule has 120 valence electrons. The van der Waals surface area contributed by atoms with Gasteiger partial charge in [-0.2, -0.15) is 0 Å². The molecule has 1 atom stereocenters. The van der Waals surface area contributed by atoms with Crippen molar-refractivity contribution in [3.05, 3.63) is 35.4 Å². The average Bonchev–Trinajstić information content (AvgIpc) is 2.53. The Labute approximate surface area is 137 Å². The lowest BCUT2D eigenvalue weighted by molar-refractivity contribution is -0.139. The Morgan fingerprint density at radius 1 is 1.09 bits per heavy atom. The van der Waals surface area contributed by atoms with Crippen LogP contribution in [0.15, 0.2) is 24.3 Å². The molecule has 0 aromatic heterocycles. The van der Waals surface area contributed by atoms with E-state index in [2.05, 4.69) is 31.2 Å². The molecule has 0 N–H and O–H groups in total. The lowest BCUT2D eigenvalue weighted by Crippen LogP contribution is -2.52. The Bertz CT molecular complexity index is 520. The minimum Gasteiger partial charge on any atom is -0.339 e. The Hall–Kier alpha value is -1.55. The lowest BCUT2D eigenvalue weighted by atomic mass is 10.1. The van der Waals surface area contributed by atoms with Crippen LogP contribution in [0, 0.1) is 6.92 Å². The van der Waals surface area contributed by atoms with Crippen LogP contribution in [0.1, 0.15) is 24.5 Å². The van der Waals surface area contributed by atoms with Crippen LogP contribution in [0.5, 0.6) is 0 Å². The maximum Gasteiger partial charge on any atom is 0.240 e. The fourth-order valence-electron chi connectivity index (χ4n) is 2.59. The first kappa shape index (κ1) is 16.8. The van der Waals surface area contributed by atoms with Crippen molar-refractivity contribution in [2.24, 2.45) is 0 Å². The maximum atomic E-state index is 12.2. The first-order chi connectivity index (χ1) is 10.5. The summed E-state index contributed by atoms with van der Waals surface area (Å²) in [6, 6.07) is 8.27. The van der Waals surface area contributed by atoms with E-state index < -0.39 is 5.38 Å². The second kappa shape index (κ2) is 7.63. The molecule has 1 heterocycles. The number of hydrogen-bond donors (Lipinski definition) is 0. The summed E-state index contributed by atoms with van der Waals surface area (Å²) in [6.07, 6.45) is 1.28. The number of halogens is 1. The van der Waals surface area contributed by atoms with Crippen LogP contribution in [-0.2, 0) is 16.0 Å². The number of aryl methyl sites for hydroxylation is 2. The van der Waals surface area contributed by atoms with Crippen LogP contribution in [0.3, 0.4) is 0 Å². The van der Waals surface area contributed by atoms with E-state index in [4.69, 9.17) is 11.6 Å². The van der Waals surface area contributed by atoms with Gasteiger partial charge >= 0.3 is 0 Å². The van der Waals surface area contributed by atoms with Crippen molar-refractivity contribution in [2.45, 2.75) is 32.1 Å². The number of alkyl halides is 1. The molecule has 1 aliphatic rings. The van der Waals surface area contributed by atoms with Crippen molar-refractivity contribution in [3.8, 4) is 0 Å². The standard InChI is InChI=1S/C17H23ClN2O2/c1-13-3-5-15(6-4-13)7-8-16(21)19-9-11-20(12-10-19)17(22)14(2)18/h3-6,14H,7-12H2,1-2H3. The first-order valence-corrected chi connectivity index (χ1v) is 8.17. The van der Waals surface area contributed by atoms with Gasteiger partial charge < -0.3 is 9.80 Å². The molecule has 4 nitrogen and oxygen atoms in total. The van der Waals surface area contributed by atoms with Crippen LogP contribution in [-0.4, -0.2) is 53.2 Å². The zero-order valence-electron chi connectivity index (χ0n) is 13.2. The molecule has 5 heteroatoms. The molecular weight excluding hydrogens is 300 g/mol. The Morgan fingerprint density at radius 2 is 1.64 bits per heavy atom. The smallest absolute Gasteiger partial charge is 0.240 e. The van der Waals surface area contributed by atoms with E-state index in [1.54, 1.807) is 11.8 Å². The second-order valence-corrected chi connectivity index (χ2v) is 6.46. The quantitative estimate of drug-likeness (QED) is 0.798. The lowest BCUT2D eigenvalue weighted by Gasteiger charge is -2.35. The topological polar surface area (TPSA) is 40.6 Å². The minimum absolute atomic E-state index is 0.0478. The van der Waals surface area contributed by atoms with E-state index in [9.17, 15) is 9.59 Å². The van der Waals surface area contributed by atoms with Gasteiger partial charge in [0.15, 0.2) is 0 Å². The van der Waals surface area contributed by atoms with E-state index >= 15 is 0 Å². The van der Waals surface area contributed by atoms with Gasteiger partial charge in [0.25, 0.3) is 0 Å². The molecule has 1 fully saturated rings. The normalized spacial score (nSPS) is 16.5. The monoisotopic (exact) mass is 322 g/mol. The summed E-state index contributed by atoms with van der Waals surface area (Å²) in [4.78, 5) is 27.6. The Balaban J connectivity index is 1.77. The van der Waals surface area contributed by atoms with Crippen molar-refractivity contribution in [1.82, 2.24) is 9.80 Å². The van der Waals surface area contributed by atoms with Crippen LogP contribution in [0.4, 0.5) is 0 Å². The SMILES string of the molecule is Cc1ccc(CCC(=O)N2CCN(C(=O)C(C)Cl)CC2)cc1. The van der Waals surface area contributed by atoms with Gasteiger partial charge in [0.2, 0.25) is 11.8 Å². The van der Waals surface area contributed by atoms with E-state index in [-0.39, 0.29) is 11.8 Å². The third kappa shape index (κ3) is 4.47. The highest BCUT2D eigenvalue weighted by atomic mass is 35.5. The molecule has 0 bridgehead atoms. The molecule has 1 aromatic rings. The zero-order valence-corrected chi connectivity index (χ0v) is 14.0. The van der Waals surface area contributed by atoms with E-state index in [0.717, 1.165) is 6.42 Å². The molecule has 0 radical (unpaired) electrons. The highest BCUT2D eigenvalue weighted by Gasteiger charge is 2.25. The van der Waals surface area contributed by atoms with Gasteiger partial charge in [0, 0.05) is 32.6 Å². The van der Waals surface area contributed by atoms with Crippen LogP contribution >= 0.6 is 11.6 Å². The minimum atomic E-state index is -0.496. The van der Waals surface area contributed by atoms with Crippen molar-refractivity contribution in [2.75, 3.05) is 26.2 Å². The van der Waals surface area contributed by atoms with Gasteiger partial charge in [-0.3, -0.25) is 9.59 Å². The van der Waals surface area contributed by atoms with Gasteiger partial charge in [0.1, 0.15) is 5.38 Å². The number of hydrogen-bond acceptors (Lipinski definition) is 2. The fourth-order valence-corrected chi connectivity index (χ4v) is 2.73. The number of nitrogens with zero attached hydrogens (tertiary/aromatic N) is 2.